The Morgan fingerprint density at radius 1 is 1.22 bits per heavy atom. The fraction of sp³-hybridized carbons (Fsp3) is 0.167. The molecule has 1 heterocycles. The molecule has 1 aromatic heterocycles. The predicted octanol–water partition coefficient (Wildman–Crippen LogP) is 4.08. The summed E-state index contributed by atoms with van der Waals surface area (Å²) in [6.45, 7) is 0.330. The number of hydrogen-bond acceptors (Lipinski definition) is 4. The molecule has 0 bridgehead atoms. The molecule has 3 nitrogen and oxygen atoms in total. The Morgan fingerprint density at radius 3 is 2.72 bits per heavy atom. The third-order valence-corrected chi connectivity index (χ3v) is 3.67. The van der Waals surface area contributed by atoms with Gasteiger partial charge in [0.1, 0.15) is 16.8 Å². The summed E-state index contributed by atoms with van der Waals surface area (Å²) in [5.41, 5.74) is 0. The first-order valence-corrected chi connectivity index (χ1v) is 6.71. The van der Waals surface area contributed by atoms with E-state index in [4.69, 9.17) is 27.9 Å². The fourth-order valence-electron chi connectivity index (χ4n) is 1.33. The molecular weight excluding hydrogens is 291 g/mol. The van der Waals surface area contributed by atoms with Gasteiger partial charge >= 0.3 is 0 Å². The van der Waals surface area contributed by atoms with Gasteiger partial charge in [-0.05, 0) is 12.1 Å². The zero-order valence-corrected chi connectivity index (χ0v) is 11.9. The van der Waals surface area contributed by atoms with E-state index in [0.717, 1.165) is 9.92 Å². The highest BCUT2D eigenvalue weighted by atomic mass is 35.5. The summed E-state index contributed by atoms with van der Waals surface area (Å²) in [5.74, 6) is 0.555. The van der Waals surface area contributed by atoms with Crippen molar-refractivity contribution in [2.75, 3.05) is 7.11 Å². The highest BCUT2D eigenvalue weighted by Crippen LogP contribution is 2.32. The van der Waals surface area contributed by atoms with Gasteiger partial charge in [0.05, 0.1) is 5.02 Å². The van der Waals surface area contributed by atoms with Crippen LogP contribution in [-0.2, 0) is 11.3 Å². The normalized spacial score (nSPS) is 10.6. The van der Waals surface area contributed by atoms with Crippen molar-refractivity contribution in [3.05, 3.63) is 46.3 Å². The van der Waals surface area contributed by atoms with Crippen molar-refractivity contribution in [3.63, 3.8) is 0 Å². The summed E-state index contributed by atoms with van der Waals surface area (Å²) >= 11 is 13.5. The maximum Gasteiger partial charge on any atom is 0.156 e. The van der Waals surface area contributed by atoms with Crippen LogP contribution in [0.4, 0.5) is 0 Å². The lowest BCUT2D eigenvalue weighted by Crippen LogP contribution is -1.98. The van der Waals surface area contributed by atoms with E-state index < -0.39 is 0 Å². The summed E-state index contributed by atoms with van der Waals surface area (Å²) in [4.78, 5) is 9.34. The lowest BCUT2D eigenvalue weighted by atomic mass is 10.4. The van der Waals surface area contributed by atoms with Gasteiger partial charge in [-0.1, -0.05) is 47.1 Å². The van der Waals surface area contributed by atoms with Crippen LogP contribution in [0.15, 0.2) is 40.3 Å². The zero-order valence-electron chi connectivity index (χ0n) is 9.56. The monoisotopic (exact) mass is 300 g/mol. The molecule has 1 aromatic carbocycles. The Hall–Kier alpha value is -0.810. The molecule has 0 amide bonds. The van der Waals surface area contributed by atoms with E-state index in [0.29, 0.717) is 22.6 Å². The Bertz CT molecular complexity index is 551. The highest BCUT2D eigenvalue weighted by Gasteiger charge is 2.07. The van der Waals surface area contributed by atoms with Crippen LogP contribution in [0, 0.1) is 0 Å². The minimum atomic E-state index is 0.330. The summed E-state index contributed by atoms with van der Waals surface area (Å²) in [6.07, 6.45) is 0. The van der Waals surface area contributed by atoms with Crippen molar-refractivity contribution in [2.45, 2.75) is 16.5 Å². The van der Waals surface area contributed by atoms with Gasteiger partial charge in [-0.15, -0.1) is 0 Å². The topological polar surface area (TPSA) is 35.0 Å². The number of halogens is 2. The molecule has 0 saturated carbocycles. The Balaban J connectivity index is 2.26. The summed E-state index contributed by atoms with van der Waals surface area (Å²) in [5, 5.41) is 1.83. The Kier molecular flexibility index (Phi) is 4.83. The smallest absolute Gasteiger partial charge is 0.156 e. The van der Waals surface area contributed by atoms with Gasteiger partial charge in [0.25, 0.3) is 0 Å². The first kappa shape index (κ1) is 13.6. The molecule has 6 heteroatoms. The van der Waals surface area contributed by atoms with Crippen LogP contribution in [0.2, 0.25) is 10.2 Å². The average Bonchev–Trinajstić information content (AvgIpc) is 2.32. The van der Waals surface area contributed by atoms with Crippen LogP contribution in [0.3, 0.4) is 0 Å². The molecule has 0 N–H and O–H groups in total. The van der Waals surface area contributed by atoms with E-state index in [2.05, 4.69) is 9.97 Å². The lowest BCUT2D eigenvalue weighted by Gasteiger charge is -2.05. The standard InChI is InChI=1S/C12H10Cl2N2OS/c1-17-7-11-15-10(14)6-12(16-11)18-9-5-3-2-4-8(9)13/h2-6H,7H2,1H3. The van der Waals surface area contributed by atoms with Gasteiger partial charge in [0.15, 0.2) is 5.82 Å². The molecule has 2 rings (SSSR count). The SMILES string of the molecule is COCc1nc(Cl)cc(Sc2ccccc2Cl)n1. The quantitative estimate of drug-likeness (QED) is 0.797. The van der Waals surface area contributed by atoms with Crippen molar-refractivity contribution in [2.24, 2.45) is 0 Å². The number of benzene rings is 1. The molecule has 0 aliphatic rings. The summed E-state index contributed by atoms with van der Waals surface area (Å²) < 4.78 is 4.99. The molecule has 0 spiro atoms. The highest BCUT2D eigenvalue weighted by molar-refractivity contribution is 7.99. The maximum atomic E-state index is 6.09. The largest absolute Gasteiger partial charge is 0.377 e. The van der Waals surface area contributed by atoms with Crippen LogP contribution in [0.25, 0.3) is 0 Å². The second kappa shape index (κ2) is 6.38. The second-order valence-corrected chi connectivity index (χ2v) is 5.27. The van der Waals surface area contributed by atoms with Gasteiger partial charge < -0.3 is 4.74 Å². The molecule has 94 valence electrons. The number of hydrogen-bond donors (Lipinski definition) is 0. The second-order valence-electron chi connectivity index (χ2n) is 3.41. The van der Waals surface area contributed by atoms with E-state index in [1.807, 2.05) is 24.3 Å². The van der Waals surface area contributed by atoms with Crippen LogP contribution in [0.1, 0.15) is 5.82 Å². The van der Waals surface area contributed by atoms with Crippen molar-refractivity contribution in [3.8, 4) is 0 Å². The predicted molar refractivity (Wildman–Crippen MR) is 73.3 cm³/mol. The van der Waals surface area contributed by atoms with Gasteiger partial charge in [0.2, 0.25) is 0 Å². The number of methoxy groups -OCH3 is 1. The molecule has 0 radical (unpaired) electrons. The van der Waals surface area contributed by atoms with E-state index in [1.54, 1.807) is 13.2 Å². The van der Waals surface area contributed by atoms with Gasteiger partial charge in [-0.2, -0.15) is 0 Å². The minimum absolute atomic E-state index is 0.330. The fourth-order valence-corrected chi connectivity index (χ4v) is 2.70. The molecule has 0 atom stereocenters. The third-order valence-electron chi connectivity index (χ3n) is 2.04. The zero-order chi connectivity index (χ0) is 13.0. The Morgan fingerprint density at radius 2 is 2.00 bits per heavy atom. The van der Waals surface area contributed by atoms with E-state index in [1.165, 1.54) is 11.8 Å². The minimum Gasteiger partial charge on any atom is -0.377 e. The Labute approximate surface area is 120 Å². The van der Waals surface area contributed by atoms with Crippen LogP contribution in [-0.4, -0.2) is 17.1 Å². The van der Waals surface area contributed by atoms with Crippen molar-refractivity contribution in [1.82, 2.24) is 9.97 Å². The molecule has 0 saturated heterocycles. The lowest BCUT2D eigenvalue weighted by molar-refractivity contribution is 0.177. The first-order chi connectivity index (χ1) is 8.69. The van der Waals surface area contributed by atoms with Gasteiger partial charge in [-0.3, -0.25) is 0 Å². The van der Waals surface area contributed by atoms with Crippen LogP contribution < -0.4 is 0 Å². The van der Waals surface area contributed by atoms with Crippen molar-refractivity contribution >= 4 is 35.0 Å². The van der Waals surface area contributed by atoms with Crippen LogP contribution >= 0.6 is 35.0 Å². The van der Waals surface area contributed by atoms with E-state index in [9.17, 15) is 0 Å². The number of rotatable bonds is 4. The molecule has 0 aliphatic carbocycles. The summed E-state index contributed by atoms with van der Waals surface area (Å²) in [7, 11) is 1.59. The first-order valence-electron chi connectivity index (χ1n) is 5.14. The van der Waals surface area contributed by atoms with Crippen molar-refractivity contribution in [1.29, 1.82) is 0 Å². The molecule has 0 fully saturated rings. The third kappa shape index (κ3) is 3.59. The molecule has 0 aliphatic heterocycles. The van der Waals surface area contributed by atoms with Crippen molar-refractivity contribution < 1.29 is 4.74 Å². The maximum absolute atomic E-state index is 6.09. The molecule has 0 unspecified atom stereocenters. The van der Waals surface area contributed by atoms with E-state index >= 15 is 0 Å². The van der Waals surface area contributed by atoms with Gasteiger partial charge in [-0.25, -0.2) is 9.97 Å². The number of aromatic nitrogens is 2. The molecule has 2 aromatic rings. The molecular formula is C12H10Cl2N2OS. The summed E-state index contributed by atoms with van der Waals surface area (Å²) in [6, 6.07) is 9.28. The van der Waals surface area contributed by atoms with E-state index in [-0.39, 0.29) is 0 Å². The number of nitrogens with zero attached hydrogens (tertiary/aromatic N) is 2. The van der Waals surface area contributed by atoms with Crippen LogP contribution in [0.5, 0.6) is 0 Å². The number of ether oxygens (including phenoxy) is 1. The van der Waals surface area contributed by atoms with Gasteiger partial charge in [0, 0.05) is 18.1 Å². The molecule has 18 heavy (non-hydrogen) atoms. The average molecular weight is 301 g/mol.